The van der Waals surface area contributed by atoms with Crippen molar-refractivity contribution < 1.29 is 14.1 Å². The maximum absolute atomic E-state index is 13.1. The lowest BCUT2D eigenvalue weighted by Gasteiger charge is -2.09. The molecule has 0 saturated heterocycles. The van der Waals surface area contributed by atoms with Gasteiger partial charge in [-0.25, -0.2) is 0 Å². The Labute approximate surface area is 90.8 Å². The van der Waals surface area contributed by atoms with Crippen LogP contribution in [-0.4, -0.2) is 11.5 Å². The molecule has 1 unspecified atom stereocenters. The van der Waals surface area contributed by atoms with Crippen LogP contribution >= 0.6 is 11.6 Å². The Kier molecular flexibility index (Phi) is 3.99. The van der Waals surface area contributed by atoms with E-state index < -0.39 is 22.0 Å². The molecule has 1 rings (SSSR count). The van der Waals surface area contributed by atoms with E-state index in [1.165, 1.54) is 6.07 Å². The van der Waals surface area contributed by atoms with Crippen LogP contribution in [0, 0.1) is 15.9 Å². The standard InChI is InChI=1S/C9H9ClFNO3/c1-2-15-9(10)6-3-4-8(12(13)14)7(11)5-6/h3-5,9H,2H2,1H3. The molecule has 82 valence electrons. The summed E-state index contributed by atoms with van der Waals surface area (Å²) in [5.41, 5.74) is -0.994. The number of ether oxygens (including phenoxy) is 1. The summed E-state index contributed by atoms with van der Waals surface area (Å²) in [6, 6.07) is 3.44. The zero-order chi connectivity index (χ0) is 11.4. The predicted molar refractivity (Wildman–Crippen MR) is 53.3 cm³/mol. The minimum atomic E-state index is -0.914. The fraction of sp³-hybridized carbons (Fsp3) is 0.333. The number of benzene rings is 1. The largest absolute Gasteiger partial charge is 0.359 e. The number of rotatable bonds is 4. The first-order valence-electron chi connectivity index (χ1n) is 4.25. The van der Waals surface area contributed by atoms with E-state index in [2.05, 4.69) is 0 Å². The van der Waals surface area contributed by atoms with Crippen LogP contribution < -0.4 is 0 Å². The van der Waals surface area contributed by atoms with Gasteiger partial charge in [-0.1, -0.05) is 11.6 Å². The highest BCUT2D eigenvalue weighted by molar-refractivity contribution is 6.19. The topological polar surface area (TPSA) is 52.4 Å². The number of halogens is 2. The summed E-state index contributed by atoms with van der Waals surface area (Å²) < 4.78 is 18.2. The van der Waals surface area contributed by atoms with Crippen LogP contribution in [0.25, 0.3) is 0 Å². The van der Waals surface area contributed by atoms with E-state index in [0.29, 0.717) is 12.2 Å². The molecule has 0 amide bonds. The highest BCUT2D eigenvalue weighted by Gasteiger charge is 2.16. The van der Waals surface area contributed by atoms with Gasteiger partial charge in [0, 0.05) is 12.7 Å². The van der Waals surface area contributed by atoms with E-state index in [9.17, 15) is 14.5 Å². The number of nitro benzene ring substituents is 1. The van der Waals surface area contributed by atoms with E-state index in [-0.39, 0.29) is 0 Å². The van der Waals surface area contributed by atoms with Gasteiger partial charge in [0.2, 0.25) is 5.82 Å². The molecule has 1 atom stereocenters. The fourth-order valence-corrected chi connectivity index (χ4v) is 1.32. The summed E-state index contributed by atoms with van der Waals surface area (Å²) in [5.74, 6) is -0.914. The molecule has 0 N–H and O–H groups in total. The lowest BCUT2D eigenvalue weighted by molar-refractivity contribution is -0.387. The number of nitro groups is 1. The van der Waals surface area contributed by atoms with Crippen LogP contribution in [0.15, 0.2) is 18.2 Å². The van der Waals surface area contributed by atoms with E-state index >= 15 is 0 Å². The van der Waals surface area contributed by atoms with Crippen molar-refractivity contribution in [3.8, 4) is 0 Å². The third-order valence-electron chi connectivity index (χ3n) is 1.74. The third-order valence-corrected chi connectivity index (χ3v) is 2.12. The van der Waals surface area contributed by atoms with E-state index in [0.717, 1.165) is 12.1 Å². The highest BCUT2D eigenvalue weighted by Crippen LogP contribution is 2.26. The normalized spacial score (nSPS) is 12.5. The summed E-state index contributed by atoms with van der Waals surface area (Å²) in [4.78, 5) is 9.54. The maximum atomic E-state index is 13.1. The molecular weight excluding hydrogens is 225 g/mol. The summed E-state index contributed by atoms with van der Waals surface area (Å²) in [5, 5.41) is 10.3. The zero-order valence-electron chi connectivity index (χ0n) is 7.94. The average molecular weight is 234 g/mol. The monoisotopic (exact) mass is 233 g/mol. The van der Waals surface area contributed by atoms with E-state index in [1.807, 2.05) is 0 Å². The van der Waals surface area contributed by atoms with Gasteiger partial charge in [-0.15, -0.1) is 0 Å². The molecule has 1 aromatic carbocycles. The van der Waals surface area contributed by atoms with Gasteiger partial charge in [-0.2, -0.15) is 4.39 Å². The molecule has 6 heteroatoms. The van der Waals surface area contributed by atoms with Gasteiger partial charge in [0.15, 0.2) is 5.56 Å². The van der Waals surface area contributed by atoms with Crippen LogP contribution in [-0.2, 0) is 4.74 Å². The SMILES string of the molecule is CCOC(Cl)c1ccc([N+](=O)[O-])c(F)c1. The predicted octanol–water partition coefficient (Wildman–Crippen LogP) is 3.01. The molecule has 0 aliphatic rings. The van der Waals surface area contributed by atoms with Crippen molar-refractivity contribution in [3.05, 3.63) is 39.7 Å². The second-order valence-corrected chi connectivity index (χ2v) is 3.14. The minimum Gasteiger partial charge on any atom is -0.359 e. The first kappa shape index (κ1) is 11.9. The van der Waals surface area contributed by atoms with Gasteiger partial charge in [0.05, 0.1) is 4.92 Å². The van der Waals surface area contributed by atoms with Crippen molar-refractivity contribution in [2.24, 2.45) is 0 Å². The second-order valence-electron chi connectivity index (χ2n) is 2.74. The molecule has 0 heterocycles. The van der Waals surface area contributed by atoms with Gasteiger partial charge < -0.3 is 4.74 Å². The molecular formula is C9H9ClFNO3. The molecule has 0 aromatic heterocycles. The Bertz CT molecular complexity index is 372. The van der Waals surface area contributed by atoms with Crippen LogP contribution in [0.5, 0.6) is 0 Å². The van der Waals surface area contributed by atoms with Gasteiger partial charge >= 0.3 is 5.69 Å². The summed E-state index contributed by atoms with van der Waals surface area (Å²) in [6.07, 6.45) is 0. The molecule has 1 aromatic rings. The van der Waals surface area contributed by atoms with Gasteiger partial charge in [0.25, 0.3) is 0 Å². The molecule has 0 aliphatic heterocycles. The van der Waals surface area contributed by atoms with Gasteiger partial charge in [0.1, 0.15) is 0 Å². The van der Waals surface area contributed by atoms with Gasteiger partial charge in [-0.3, -0.25) is 10.1 Å². The van der Waals surface area contributed by atoms with Crippen molar-refractivity contribution >= 4 is 17.3 Å². The highest BCUT2D eigenvalue weighted by atomic mass is 35.5. The van der Waals surface area contributed by atoms with Crippen LogP contribution in [0.4, 0.5) is 10.1 Å². The lowest BCUT2D eigenvalue weighted by atomic mass is 10.2. The summed E-state index contributed by atoms with van der Waals surface area (Å²) in [7, 11) is 0. The number of nitrogens with zero attached hydrogens (tertiary/aromatic N) is 1. The molecule has 15 heavy (non-hydrogen) atoms. The molecule has 0 bridgehead atoms. The second kappa shape index (κ2) is 5.04. The Morgan fingerprint density at radius 3 is 2.80 bits per heavy atom. The molecule has 0 aliphatic carbocycles. The zero-order valence-corrected chi connectivity index (χ0v) is 8.70. The number of alkyl halides is 1. The molecule has 0 radical (unpaired) electrons. The minimum absolute atomic E-state index is 0.363. The van der Waals surface area contributed by atoms with E-state index in [1.54, 1.807) is 6.92 Å². The molecule has 0 fully saturated rings. The van der Waals surface area contributed by atoms with Crippen molar-refractivity contribution in [1.29, 1.82) is 0 Å². The van der Waals surface area contributed by atoms with Crippen molar-refractivity contribution in [3.63, 3.8) is 0 Å². The first-order chi connectivity index (χ1) is 7.06. The van der Waals surface area contributed by atoms with Crippen LogP contribution in [0.1, 0.15) is 18.1 Å². The van der Waals surface area contributed by atoms with Crippen molar-refractivity contribution in [1.82, 2.24) is 0 Å². The quantitative estimate of drug-likeness (QED) is 0.456. The fourth-order valence-electron chi connectivity index (χ4n) is 1.05. The smallest absolute Gasteiger partial charge is 0.304 e. The Morgan fingerprint density at radius 1 is 1.67 bits per heavy atom. The molecule has 0 spiro atoms. The van der Waals surface area contributed by atoms with Crippen molar-refractivity contribution in [2.45, 2.75) is 12.5 Å². The number of hydrogen-bond acceptors (Lipinski definition) is 3. The van der Waals surface area contributed by atoms with E-state index in [4.69, 9.17) is 16.3 Å². The Balaban J connectivity index is 2.96. The third kappa shape index (κ3) is 2.87. The first-order valence-corrected chi connectivity index (χ1v) is 4.69. The summed E-state index contributed by atoms with van der Waals surface area (Å²) in [6.45, 7) is 2.13. The lowest BCUT2D eigenvalue weighted by Crippen LogP contribution is -1.99. The Morgan fingerprint density at radius 2 is 2.33 bits per heavy atom. The number of hydrogen-bond donors (Lipinski definition) is 0. The molecule has 4 nitrogen and oxygen atoms in total. The maximum Gasteiger partial charge on any atom is 0.304 e. The van der Waals surface area contributed by atoms with Crippen LogP contribution in [0.2, 0.25) is 0 Å². The van der Waals surface area contributed by atoms with Gasteiger partial charge in [-0.05, 0) is 24.6 Å². The van der Waals surface area contributed by atoms with Crippen molar-refractivity contribution in [2.75, 3.05) is 6.61 Å². The van der Waals surface area contributed by atoms with Crippen LogP contribution in [0.3, 0.4) is 0 Å². The summed E-state index contributed by atoms with van der Waals surface area (Å²) >= 11 is 5.75. The Hall–Kier alpha value is -1.20. The molecule has 0 saturated carbocycles. The average Bonchev–Trinajstić information content (AvgIpc) is 2.17.